The number of ether oxygens (including phenoxy) is 4. The van der Waals surface area contributed by atoms with Crippen LogP contribution in [-0.2, 0) is 35.9 Å². The summed E-state index contributed by atoms with van der Waals surface area (Å²) < 4.78 is 50.2. The Morgan fingerprint density at radius 2 is 1.98 bits per heavy atom. The molecule has 1 saturated heterocycles. The molecule has 1 saturated carbocycles. The maximum absolute atomic E-state index is 13.0. The van der Waals surface area contributed by atoms with E-state index in [1.807, 2.05) is 18.2 Å². The summed E-state index contributed by atoms with van der Waals surface area (Å²) in [6, 6.07) is 13.4. The maximum atomic E-state index is 13.0. The van der Waals surface area contributed by atoms with Gasteiger partial charge in [-0.1, -0.05) is 17.7 Å². The zero-order valence-corrected chi connectivity index (χ0v) is 29.6. The van der Waals surface area contributed by atoms with Gasteiger partial charge in [0.15, 0.2) is 0 Å². The van der Waals surface area contributed by atoms with E-state index in [9.17, 15) is 13.2 Å². The van der Waals surface area contributed by atoms with Crippen molar-refractivity contribution in [1.82, 2.24) is 9.97 Å². The number of halogens is 1. The number of esters is 1. The van der Waals surface area contributed by atoms with Crippen molar-refractivity contribution in [1.29, 1.82) is 0 Å². The molecule has 0 unspecified atom stereocenters. The third-order valence-corrected chi connectivity index (χ3v) is 13.2. The van der Waals surface area contributed by atoms with Crippen LogP contribution < -0.4 is 9.64 Å². The smallest absolute Gasteiger partial charge is 0.337 e. The Morgan fingerprint density at radius 1 is 1.14 bits per heavy atom. The first-order chi connectivity index (χ1) is 23.7. The Hall–Kier alpha value is -3.25. The molecule has 49 heavy (non-hydrogen) atoms. The molecular weight excluding hydrogens is 666 g/mol. The first-order valence-corrected chi connectivity index (χ1v) is 19.2. The number of hydrogen-bond acceptors (Lipinski definition) is 10. The summed E-state index contributed by atoms with van der Waals surface area (Å²) in [6.07, 6.45) is 9.44. The Kier molecular flexibility index (Phi) is 9.89. The number of rotatable bonds is 9. The Bertz CT molecular complexity index is 1780. The van der Waals surface area contributed by atoms with Crippen molar-refractivity contribution in [2.24, 2.45) is 11.8 Å². The molecule has 2 aliphatic heterocycles. The topological polar surface area (TPSA) is 117 Å². The fourth-order valence-electron chi connectivity index (χ4n) is 8.17. The van der Waals surface area contributed by atoms with Gasteiger partial charge in [0, 0.05) is 48.9 Å². The van der Waals surface area contributed by atoms with E-state index in [0.717, 1.165) is 74.5 Å². The van der Waals surface area contributed by atoms with Crippen LogP contribution >= 0.6 is 11.6 Å². The van der Waals surface area contributed by atoms with E-state index in [-0.39, 0.29) is 35.4 Å². The minimum absolute atomic E-state index is 0.0254. The maximum Gasteiger partial charge on any atom is 0.337 e. The molecule has 3 aromatic rings. The second-order valence-electron chi connectivity index (χ2n) is 14.1. The molecule has 6 atom stereocenters. The van der Waals surface area contributed by atoms with Gasteiger partial charge in [-0.2, -0.15) is 0 Å². The molecular formula is C37H44ClN3O7S. The summed E-state index contributed by atoms with van der Waals surface area (Å²) in [5, 5.41) is -0.183. The molecule has 3 heterocycles. The lowest BCUT2D eigenvalue weighted by Crippen LogP contribution is -2.51. The average molecular weight is 710 g/mol. The van der Waals surface area contributed by atoms with E-state index in [2.05, 4.69) is 27.0 Å². The monoisotopic (exact) mass is 709 g/mol. The van der Waals surface area contributed by atoms with E-state index in [4.69, 9.17) is 30.5 Å². The summed E-state index contributed by atoms with van der Waals surface area (Å²) in [5.41, 5.74) is 3.77. The number of carbonyl (C=O) groups is 1. The van der Waals surface area contributed by atoms with Crippen LogP contribution in [0.15, 0.2) is 60.0 Å². The van der Waals surface area contributed by atoms with E-state index < -0.39 is 15.1 Å². The number of anilines is 1. The Morgan fingerprint density at radius 3 is 2.76 bits per heavy atom. The molecule has 0 amide bonds. The first-order valence-electron chi connectivity index (χ1n) is 17.3. The lowest BCUT2D eigenvalue weighted by Gasteiger charge is -2.47. The highest BCUT2D eigenvalue weighted by atomic mass is 35.5. The van der Waals surface area contributed by atoms with Gasteiger partial charge < -0.3 is 23.8 Å². The molecule has 4 aliphatic rings. The molecule has 0 radical (unpaired) electrons. The van der Waals surface area contributed by atoms with Gasteiger partial charge in [-0.3, -0.25) is 0 Å². The highest BCUT2D eigenvalue weighted by molar-refractivity contribution is 7.91. The van der Waals surface area contributed by atoms with Crippen LogP contribution in [0.1, 0.15) is 66.9 Å². The Balaban J connectivity index is 1.08. The largest absolute Gasteiger partial charge is 0.490 e. The van der Waals surface area contributed by atoms with Gasteiger partial charge in [0.2, 0.25) is 15.0 Å². The zero-order chi connectivity index (χ0) is 34.2. The summed E-state index contributed by atoms with van der Waals surface area (Å²) in [4.78, 5) is 22.9. The number of hydrogen-bond donors (Lipinski definition) is 0. The van der Waals surface area contributed by atoms with Crippen molar-refractivity contribution < 1.29 is 32.2 Å². The fraction of sp³-hybridized carbons (Fsp3) is 0.541. The summed E-state index contributed by atoms with van der Waals surface area (Å²) in [7, 11) is -2.29. The molecule has 7 rings (SSSR count). The highest BCUT2D eigenvalue weighted by Crippen LogP contribution is 2.47. The summed E-state index contributed by atoms with van der Waals surface area (Å²) >= 11 is 6.44. The molecule has 10 nitrogen and oxygen atoms in total. The van der Waals surface area contributed by atoms with Gasteiger partial charge in [0.25, 0.3) is 0 Å². The number of carbonyl (C=O) groups excluding carboxylic acids is 1. The number of aromatic nitrogens is 2. The van der Waals surface area contributed by atoms with Crippen LogP contribution in [0.2, 0.25) is 5.02 Å². The van der Waals surface area contributed by atoms with Gasteiger partial charge in [-0.15, -0.1) is 0 Å². The number of sulfone groups is 1. The Labute approximate surface area is 293 Å². The van der Waals surface area contributed by atoms with E-state index in [1.54, 1.807) is 19.1 Å². The fourth-order valence-corrected chi connectivity index (χ4v) is 9.40. The predicted octanol–water partition coefficient (Wildman–Crippen LogP) is 5.84. The number of aryl methyl sites for hydroxylation is 1. The van der Waals surface area contributed by atoms with Gasteiger partial charge in [-0.05, 0) is 105 Å². The van der Waals surface area contributed by atoms with Gasteiger partial charge >= 0.3 is 5.97 Å². The summed E-state index contributed by atoms with van der Waals surface area (Å²) in [6.45, 7) is 4.41. The minimum Gasteiger partial charge on any atom is -0.490 e. The zero-order valence-electron chi connectivity index (χ0n) is 28.1. The molecule has 262 valence electrons. The second-order valence-corrected chi connectivity index (χ2v) is 16.8. The quantitative estimate of drug-likeness (QED) is 0.198. The molecule has 12 heteroatoms. The van der Waals surface area contributed by atoms with Crippen LogP contribution in [0.3, 0.4) is 0 Å². The lowest BCUT2D eigenvalue weighted by molar-refractivity contribution is -0.116. The highest BCUT2D eigenvalue weighted by Gasteiger charge is 2.45. The van der Waals surface area contributed by atoms with Crippen molar-refractivity contribution in [3.8, 4) is 5.75 Å². The van der Waals surface area contributed by atoms with Gasteiger partial charge in [0.05, 0.1) is 49.0 Å². The number of fused-ring (bicyclic) bond motifs is 3. The van der Waals surface area contributed by atoms with Gasteiger partial charge in [-0.25, -0.2) is 23.2 Å². The van der Waals surface area contributed by atoms with Crippen molar-refractivity contribution in [3.63, 3.8) is 0 Å². The van der Waals surface area contributed by atoms with E-state index in [1.165, 1.54) is 30.6 Å². The van der Waals surface area contributed by atoms with Crippen LogP contribution in [0.5, 0.6) is 5.75 Å². The van der Waals surface area contributed by atoms with Crippen molar-refractivity contribution >= 4 is 33.1 Å². The van der Waals surface area contributed by atoms with Crippen LogP contribution in [0, 0.1) is 11.8 Å². The molecule has 2 aromatic carbocycles. The van der Waals surface area contributed by atoms with Crippen molar-refractivity contribution in [2.45, 2.75) is 79.9 Å². The number of nitrogens with zero attached hydrogens (tertiary/aromatic N) is 3. The predicted molar refractivity (Wildman–Crippen MR) is 185 cm³/mol. The third-order valence-electron chi connectivity index (χ3n) is 11.0. The van der Waals surface area contributed by atoms with Crippen LogP contribution in [0.25, 0.3) is 0 Å². The van der Waals surface area contributed by atoms with Crippen LogP contribution in [-0.4, -0.2) is 81.8 Å². The molecule has 1 aromatic heterocycles. The van der Waals surface area contributed by atoms with E-state index >= 15 is 0 Å². The standard InChI is InChI=1S/C37H44ClN3O7S/c1-24(49(43,44)36-39-14-4-15-40-36)21-47-29-12-16-46-34(19-29)30-9-6-27(30)20-41-22-37(13-3-5-25-17-28(38)8-10-31(25)37)23-48-33-11-7-26(18-32(33)41)35(42)45-2/h4,7-8,10-11,14-15,17-18,24,27,29-30,34H,3,5-6,9,12-13,16,19-23H2,1-2H3/t24-,27+,29+,30-,34-,37+/m1/s1. The normalized spacial score (nSPS) is 27.2. The molecule has 0 bridgehead atoms. The van der Waals surface area contributed by atoms with Gasteiger partial charge in [0.1, 0.15) is 5.75 Å². The lowest BCUT2D eigenvalue weighted by atomic mass is 9.67. The molecule has 0 N–H and O–H groups in total. The average Bonchev–Trinajstić information content (AvgIpc) is 3.25. The summed E-state index contributed by atoms with van der Waals surface area (Å²) in [5.74, 6) is 1.11. The first kappa shape index (κ1) is 34.2. The van der Waals surface area contributed by atoms with Crippen LogP contribution in [0.4, 0.5) is 5.69 Å². The van der Waals surface area contributed by atoms with E-state index in [0.29, 0.717) is 30.6 Å². The molecule has 2 fully saturated rings. The second kappa shape index (κ2) is 14.2. The minimum atomic E-state index is -3.69. The number of benzene rings is 2. The van der Waals surface area contributed by atoms with Crippen molar-refractivity contribution in [2.75, 3.05) is 44.9 Å². The SMILES string of the molecule is COC(=O)c1ccc2c(c1)N(C[C@@H]1CC[C@H]1[C@H]1C[C@@H](OC[C@@H](C)S(=O)(=O)c3ncccn3)CCO1)C[C@@]1(CCCc3cc(Cl)ccc31)CO2. The van der Waals surface area contributed by atoms with Crippen molar-refractivity contribution in [3.05, 3.63) is 76.6 Å². The third kappa shape index (κ3) is 6.92. The molecule has 2 aliphatic carbocycles. The molecule has 1 spiro atoms. The number of methoxy groups -OCH3 is 1.